The molecule has 0 unspecified atom stereocenters. The molecule has 3 aliphatic rings. The molecule has 142 valence electrons. The van der Waals surface area contributed by atoms with Crippen molar-refractivity contribution in [1.82, 2.24) is 4.31 Å². The van der Waals surface area contributed by atoms with E-state index in [9.17, 15) is 8.42 Å². The Bertz CT molecular complexity index is 962. The summed E-state index contributed by atoms with van der Waals surface area (Å²) in [5.41, 5.74) is 4.30. The van der Waals surface area contributed by atoms with Gasteiger partial charge in [0.25, 0.3) is 0 Å². The fraction of sp³-hybridized carbons (Fsp3) is 0.429. The molecule has 1 aliphatic carbocycles. The summed E-state index contributed by atoms with van der Waals surface area (Å²) in [5, 5.41) is 0. The first-order chi connectivity index (χ1) is 13.0. The van der Waals surface area contributed by atoms with Gasteiger partial charge in [0.15, 0.2) is 0 Å². The van der Waals surface area contributed by atoms with Crippen molar-refractivity contribution >= 4 is 10.0 Å². The molecule has 5 rings (SSSR count). The van der Waals surface area contributed by atoms with Crippen LogP contribution < -0.4 is 9.47 Å². The molecule has 0 spiro atoms. The minimum atomic E-state index is -3.55. The van der Waals surface area contributed by atoms with Crippen molar-refractivity contribution in [2.75, 3.05) is 13.2 Å². The summed E-state index contributed by atoms with van der Waals surface area (Å²) in [7, 11) is -3.55. The van der Waals surface area contributed by atoms with Crippen molar-refractivity contribution in [3.05, 3.63) is 52.6 Å². The topological polar surface area (TPSA) is 55.8 Å². The quantitative estimate of drug-likeness (QED) is 0.793. The van der Waals surface area contributed by atoms with Crippen molar-refractivity contribution in [1.29, 1.82) is 0 Å². The molecule has 2 heterocycles. The second-order valence-corrected chi connectivity index (χ2v) is 9.50. The summed E-state index contributed by atoms with van der Waals surface area (Å²) < 4.78 is 40.1. The fourth-order valence-corrected chi connectivity index (χ4v) is 5.68. The zero-order chi connectivity index (χ0) is 18.6. The lowest BCUT2D eigenvalue weighted by atomic mass is 9.99. The molecule has 0 saturated heterocycles. The molecule has 0 aromatic heterocycles. The molecule has 6 heteroatoms. The SMILES string of the molecule is Cc1ccc(S(=O)(=O)N(Cc2c3c(cc4c2OCC4)OCC3)C2CC2)cc1. The van der Waals surface area contributed by atoms with Crippen LogP contribution in [-0.2, 0) is 29.4 Å². The van der Waals surface area contributed by atoms with Gasteiger partial charge in [0.05, 0.1) is 18.1 Å². The van der Waals surface area contributed by atoms with Gasteiger partial charge in [0.2, 0.25) is 10.0 Å². The fourth-order valence-electron chi connectivity index (χ4n) is 4.03. The molecule has 1 saturated carbocycles. The van der Waals surface area contributed by atoms with Gasteiger partial charge in [-0.25, -0.2) is 8.42 Å². The lowest BCUT2D eigenvalue weighted by molar-refractivity contribution is 0.341. The first kappa shape index (κ1) is 17.1. The van der Waals surface area contributed by atoms with Crippen LogP contribution >= 0.6 is 0 Å². The normalized spacial score (nSPS) is 18.1. The van der Waals surface area contributed by atoms with E-state index < -0.39 is 10.0 Å². The summed E-state index contributed by atoms with van der Waals surface area (Å²) in [4.78, 5) is 0.362. The van der Waals surface area contributed by atoms with E-state index in [0.717, 1.165) is 59.4 Å². The molecule has 0 N–H and O–H groups in total. The Morgan fingerprint density at radius 3 is 2.56 bits per heavy atom. The van der Waals surface area contributed by atoms with Gasteiger partial charge in [0.1, 0.15) is 11.5 Å². The van der Waals surface area contributed by atoms with Crippen LogP contribution in [0.15, 0.2) is 35.2 Å². The maximum atomic E-state index is 13.4. The number of aryl methyl sites for hydroxylation is 1. The number of benzene rings is 2. The summed E-state index contributed by atoms with van der Waals surface area (Å²) >= 11 is 0. The van der Waals surface area contributed by atoms with Gasteiger partial charge in [-0.15, -0.1) is 0 Å². The summed E-state index contributed by atoms with van der Waals surface area (Å²) in [5.74, 6) is 1.78. The molecule has 0 radical (unpaired) electrons. The average Bonchev–Trinajstić information content (AvgIpc) is 3.17. The molecule has 5 nitrogen and oxygen atoms in total. The van der Waals surface area contributed by atoms with Crippen LogP contribution in [0.2, 0.25) is 0 Å². The Kier molecular flexibility index (Phi) is 3.95. The van der Waals surface area contributed by atoms with Crippen molar-refractivity contribution in [3.8, 4) is 11.5 Å². The van der Waals surface area contributed by atoms with Gasteiger partial charge in [-0.05, 0) is 38.0 Å². The van der Waals surface area contributed by atoms with E-state index >= 15 is 0 Å². The van der Waals surface area contributed by atoms with Crippen LogP contribution in [0.4, 0.5) is 0 Å². The van der Waals surface area contributed by atoms with Crippen molar-refractivity contribution < 1.29 is 17.9 Å². The molecule has 0 bridgehead atoms. The number of sulfonamides is 1. The number of fused-ring (bicyclic) bond motifs is 2. The predicted octanol–water partition coefficient (Wildman–Crippen LogP) is 3.22. The highest BCUT2D eigenvalue weighted by molar-refractivity contribution is 7.89. The molecule has 2 aromatic rings. The summed E-state index contributed by atoms with van der Waals surface area (Å²) in [6, 6.07) is 9.27. The van der Waals surface area contributed by atoms with Gasteiger partial charge in [-0.2, -0.15) is 4.31 Å². The number of rotatable bonds is 5. The van der Waals surface area contributed by atoms with Gasteiger partial charge in [-0.3, -0.25) is 0 Å². The van der Waals surface area contributed by atoms with Crippen LogP contribution in [0.25, 0.3) is 0 Å². The minimum Gasteiger partial charge on any atom is -0.493 e. The van der Waals surface area contributed by atoms with Crippen LogP contribution in [0.5, 0.6) is 11.5 Å². The van der Waals surface area contributed by atoms with E-state index in [1.807, 2.05) is 19.1 Å². The van der Waals surface area contributed by atoms with E-state index in [1.54, 1.807) is 16.4 Å². The first-order valence-corrected chi connectivity index (χ1v) is 11.0. The van der Waals surface area contributed by atoms with Gasteiger partial charge in [0, 0.05) is 42.1 Å². The molecule has 27 heavy (non-hydrogen) atoms. The monoisotopic (exact) mass is 385 g/mol. The second-order valence-electron chi connectivity index (χ2n) is 7.61. The highest BCUT2D eigenvalue weighted by Crippen LogP contribution is 2.43. The molecule has 2 aromatic carbocycles. The summed E-state index contributed by atoms with van der Waals surface area (Å²) in [6.45, 7) is 3.62. The standard InChI is InChI=1S/C21H23NO4S/c1-14-2-6-17(7-3-14)27(23,24)22(16-4-5-16)13-19-18-9-11-25-20(18)12-15-8-10-26-21(15)19/h2-3,6-7,12,16H,4-5,8-11,13H2,1H3. The molecule has 0 amide bonds. The highest BCUT2D eigenvalue weighted by atomic mass is 32.2. The Labute approximate surface area is 160 Å². The molecular formula is C21H23NO4S. The van der Waals surface area contributed by atoms with Crippen molar-refractivity contribution in [2.24, 2.45) is 0 Å². The van der Waals surface area contributed by atoms with E-state index in [2.05, 4.69) is 6.07 Å². The first-order valence-electron chi connectivity index (χ1n) is 9.56. The number of hydrogen-bond acceptors (Lipinski definition) is 4. The van der Waals surface area contributed by atoms with E-state index in [1.165, 1.54) is 0 Å². The molecule has 1 fully saturated rings. The lowest BCUT2D eigenvalue weighted by Gasteiger charge is -2.24. The number of nitrogens with zero attached hydrogens (tertiary/aromatic N) is 1. The van der Waals surface area contributed by atoms with E-state index in [-0.39, 0.29) is 6.04 Å². The third kappa shape index (κ3) is 2.91. The predicted molar refractivity (Wildman–Crippen MR) is 102 cm³/mol. The van der Waals surface area contributed by atoms with Crippen LogP contribution in [0, 0.1) is 6.92 Å². The third-order valence-electron chi connectivity index (χ3n) is 5.66. The zero-order valence-electron chi connectivity index (χ0n) is 15.4. The van der Waals surface area contributed by atoms with Gasteiger partial charge < -0.3 is 9.47 Å². The number of hydrogen-bond donors (Lipinski definition) is 0. The average molecular weight is 385 g/mol. The number of ether oxygens (including phenoxy) is 2. The largest absolute Gasteiger partial charge is 0.493 e. The summed E-state index contributed by atoms with van der Waals surface area (Å²) in [6.07, 6.45) is 3.50. The Balaban J connectivity index is 1.56. The van der Waals surface area contributed by atoms with Crippen LogP contribution in [-0.4, -0.2) is 32.0 Å². The Morgan fingerprint density at radius 2 is 1.81 bits per heavy atom. The smallest absolute Gasteiger partial charge is 0.243 e. The second kappa shape index (κ2) is 6.24. The minimum absolute atomic E-state index is 0.0755. The maximum absolute atomic E-state index is 13.4. The Morgan fingerprint density at radius 1 is 1.07 bits per heavy atom. The maximum Gasteiger partial charge on any atom is 0.243 e. The Hall–Kier alpha value is -2.05. The van der Waals surface area contributed by atoms with Crippen LogP contribution in [0.1, 0.15) is 35.1 Å². The van der Waals surface area contributed by atoms with E-state index in [4.69, 9.17) is 9.47 Å². The zero-order valence-corrected chi connectivity index (χ0v) is 16.2. The molecular weight excluding hydrogens is 362 g/mol. The van der Waals surface area contributed by atoms with Gasteiger partial charge >= 0.3 is 0 Å². The van der Waals surface area contributed by atoms with Crippen LogP contribution in [0.3, 0.4) is 0 Å². The molecule has 0 atom stereocenters. The van der Waals surface area contributed by atoms with Gasteiger partial charge in [-0.1, -0.05) is 17.7 Å². The lowest BCUT2D eigenvalue weighted by Crippen LogP contribution is -2.33. The third-order valence-corrected chi connectivity index (χ3v) is 7.57. The van der Waals surface area contributed by atoms with Crippen molar-refractivity contribution in [2.45, 2.75) is 50.1 Å². The van der Waals surface area contributed by atoms with E-state index in [0.29, 0.717) is 24.7 Å². The molecule has 2 aliphatic heterocycles. The van der Waals surface area contributed by atoms with Crippen molar-refractivity contribution in [3.63, 3.8) is 0 Å². The highest BCUT2D eigenvalue weighted by Gasteiger charge is 2.40.